The van der Waals surface area contributed by atoms with E-state index in [1.165, 1.54) is 19.2 Å². The van der Waals surface area contributed by atoms with Crippen molar-refractivity contribution in [2.45, 2.75) is 6.61 Å². The maximum atomic E-state index is 13.3. The summed E-state index contributed by atoms with van der Waals surface area (Å²) < 4.78 is 24.3. The van der Waals surface area contributed by atoms with Gasteiger partial charge in [-0.05, 0) is 59.2 Å². The molecule has 34 heavy (non-hydrogen) atoms. The highest BCUT2D eigenvalue weighted by Crippen LogP contribution is 2.37. The Labute approximate surface area is 199 Å². The lowest BCUT2D eigenvalue weighted by Crippen LogP contribution is -2.46. The molecule has 2 heterocycles. The second kappa shape index (κ2) is 9.69. The van der Waals surface area contributed by atoms with E-state index in [0.29, 0.717) is 12.2 Å². The summed E-state index contributed by atoms with van der Waals surface area (Å²) in [4.78, 5) is 16.9. The Bertz CT molecular complexity index is 1210. The molecule has 0 N–H and O–H groups in total. The second-order valence-corrected chi connectivity index (χ2v) is 8.53. The molecule has 2 aliphatic heterocycles. The highest BCUT2D eigenvalue weighted by molar-refractivity contribution is 5.93. The number of hydrogen-bond acceptors (Lipinski definition) is 5. The minimum absolute atomic E-state index is 0.211. The molecule has 0 amide bonds. The lowest BCUT2D eigenvalue weighted by atomic mass is 9.93. The number of methoxy groups -OCH3 is 1. The lowest BCUT2D eigenvalue weighted by Gasteiger charge is -2.35. The van der Waals surface area contributed by atoms with Crippen LogP contribution in [0.2, 0.25) is 0 Å². The zero-order valence-electron chi connectivity index (χ0n) is 19.2. The molecule has 174 valence electrons. The first-order valence-corrected chi connectivity index (χ1v) is 11.5. The first-order chi connectivity index (χ1) is 16.6. The van der Waals surface area contributed by atoms with Gasteiger partial charge in [0.15, 0.2) is 0 Å². The molecule has 0 aliphatic carbocycles. The van der Waals surface area contributed by atoms with Crippen molar-refractivity contribution in [1.82, 2.24) is 4.90 Å². The van der Waals surface area contributed by atoms with E-state index in [-0.39, 0.29) is 11.8 Å². The summed E-state index contributed by atoms with van der Waals surface area (Å²) in [5.41, 5.74) is 5.76. The quantitative estimate of drug-likeness (QED) is 0.528. The molecule has 3 aromatic carbocycles. The number of benzene rings is 3. The summed E-state index contributed by atoms with van der Waals surface area (Å²) in [5.74, 6) is 0.185. The van der Waals surface area contributed by atoms with Crippen molar-refractivity contribution in [3.8, 4) is 5.75 Å². The van der Waals surface area contributed by atoms with Crippen molar-refractivity contribution in [1.29, 1.82) is 0 Å². The predicted octanol–water partition coefficient (Wildman–Crippen LogP) is 4.76. The van der Waals surface area contributed by atoms with Gasteiger partial charge in [-0.1, -0.05) is 30.3 Å². The number of anilines is 1. The third-order valence-corrected chi connectivity index (χ3v) is 6.50. The fourth-order valence-electron chi connectivity index (χ4n) is 4.60. The Morgan fingerprint density at radius 3 is 2.53 bits per heavy atom. The third kappa shape index (κ3) is 4.54. The van der Waals surface area contributed by atoms with Gasteiger partial charge in [0.1, 0.15) is 18.2 Å². The molecule has 2 aliphatic rings. The van der Waals surface area contributed by atoms with Crippen LogP contribution >= 0.6 is 0 Å². The summed E-state index contributed by atoms with van der Waals surface area (Å²) in [7, 11) is 1.39. The Balaban J connectivity index is 1.40. The largest absolute Gasteiger partial charge is 0.488 e. The zero-order chi connectivity index (χ0) is 23.5. The molecule has 0 bridgehead atoms. The highest BCUT2D eigenvalue weighted by atomic mass is 19.1. The number of ether oxygens (including phenoxy) is 2. The van der Waals surface area contributed by atoms with E-state index < -0.39 is 0 Å². The molecule has 1 saturated heterocycles. The number of halogens is 1. The summed E-state index contributed by atoms with van der Waals surface area (Å²) in [5, 5.41) is 0. The standard InChI is InChI=1S/C28H27FN2O3/c1-33-28(32)20-6-11-27-26(18-20)25(24-5-3-2-4-21(24)19-34-27)12-13-30-14-16-31(17-15-30)23-9-7-22(29)8-10-23/h2-12,18H,13-17,19H2,1H3/b25-12+. The molecule has 0 atom stereocenters. The fourth-order valence-corrected chi connectivity index (χ4v) is 4.60. The monoisotopic (exact) mass is 458 g/mol. The Morgan fingerprint density at radius 2 is 1.76 bits per heavy atom. The summed E-state index contributed by atoms with van der Waals surface area (Å²) in [6.45, 7) is 4.86. The average molecular weight is 459 g/mol. The van der Waals surface area contributed by atoms with Gasteiger partial charge in [0.25, 0.3) is 0 Å². The maximum Gasteiger partial charge on any atom is 0.337 e. The Morgan fingerprint density at radius 1 is 1.00 bits per heavy atom. The minimum atomic E-state index is -0.364. The number of esters is 1. The molecule has 5 rings (SSSR count). The normalized spacial score (nSPS) is 16.9. The van der Waals surface area contributed by atoms with Crippen LogP contribution in [0.4, 0.5) is 10.1 Å². The van der Waals surface area contributed by atoms with Gasteiger partial charge < -0.3 is 14.4 Å². The molecule has 0 unspecified atom stereocenters. The molecular formula is C28H27FN2O3. The van der Waals surface area contributed by atoms with Crippen molar-refractivity contribution < 1.29 is 18.7 Å². The molecule has 3 aromatic rings. The van der Waals surface area contributed by atoms with Crippen LogP contribution in [0.25, 0.3) is 5.57 Å². The van der Waals surface area contributed by atoms with Gasteiger partial charge in [0, 0.05) is 44.0 Å². The van der Waals surface area contributed by atoms with Crippen LogP contribution < -0.4 is 9.64 Å². The van der Waals surface area contributed by atoms with Crippen LogP contribution in [0, 0.1) is 5.82 Å². The predicted molar refractivity (Wildman–Crippen MR) is 131 cm³/mol. The number of piperazine rings is 1. The zero-order valence-corrected chi connectivity index (χ0v) is 19.2. The van der Waals surface area contributed by atoms with Crippen LogP contribution in [-0.4, -0.2) is 50.7 Å². The molecule has 5 nitrogen and oxygen atoms in total. The average Bonchev–Trinajstić information content (AvgIpc) is 3.04. The van der Waals surface area contributed by atoms with Gasteiger partial charge in [-0.3, -0.25) is 4.90 Å². The van der Waals surface area contributed by atoms with Gasteiger partial charge in [-0.15, -0.1) is 0 Å². The number of carbonyl (C=O) groups excluding carboxylic acids is 1. The van der Waals surface area contributed by atoms with E-state index in [9.17, 15) is 9.18 Å². The molecule has 1 fully saturated rings. The Kier molecular flexibility index (Phi) is 6.32. The third-order valence-electron chi connectivity index (χ3n) is 6.50. The van der Waals surface area contributed by atoms with Gasteiger partial charge >= 0.3 is 5.97 Å². The van der Waals surface area contributed by atoms with Crippen molar-refractivity contribution in [3.05, 3.63) is 101 Å². The van der Waals surface area contributed by atoms with E-state index in [2.05, 4.69) is 28.0 Å². The van der Waals surface area contributed by atoms with Gasteiger partial charge in [-0.25, -0.2) is 9.18 Å². The molecule has 0 saturated carbocycles. The molecule has 0 aromatic heterocycles. The van der Waals surface area contributed by atoms with Gasteiger partial charge in [0.05, 0.1) is 12.7 Å². The molecular weight excluding hydrogens is 431 g/mol. The summed E-state index contributed by atoms with van der Waals surface area (Å²) in [6, 6.07) is 20.4. The lowest BCUT2D eigenvalue weighted by molar-refractivity contribution is 0.0600. The van der Waals surface area contributed by atoms with E-state index in [1.807, 2.05) is 36.4 Å². The fraction of sp³-hybridized carbons (Fsp3) is 0.250. The van der Waals surface area contributed by atoms with Crippen molar-refractivity contribution in [2.24, 2.45) is 0 Å². The molecule has 6 heteroatoms. The number of fused-ring (bicyclic) bond motifs is 2. The highest BCUT2D eigenvalue weighted by Gasteiger charge is 2.22. The topological polar surface area (TPSA) is 42.0 Å². The van der Waals surface area contributed by atoms with E-state index >= 15 is 0 Å². The van der Waals surface area contributed by atoms with Crippen LogP contribution in [0.5, 0.6) is 5.75 Å². The first-order valence-electron chi connectivity index (χ1n) is 11.5. The maximum absolute atomic E-state index is 13.3. The number of hydrogen-bond donors (Lipinski definition) is 0. The van der Waals surface area contributed by atoms with Crippen molar-refractivity contribution >= 4 is 17.2 Å². The second-order valence-electron chi connectivity index (χ2n) is 8.53. The van der Waals surface area contributed by atoms with Gasteiger partial charge in [-0.2, -0.15) is 0 Å². The number of carbonyl (C=O) groups is 1. The van der Waals surface area contributed by atoms with Gasteiger partial charge in [0.2, 0.25) is 0 Å². The summed E-state index contributed by atoms with van der Waals surface area (Å²) in [6.07, 6.45) is 2.24. The summed E-state index contributed by atoms with van der Waals surface area (Å²) >= 11 is 0. The van der Waals surface area contributed by atoms with E-state index in [4.69, 9.17) is 9.47 Å². The minimum Gasteiger partial charge on any atom is -0.488 e. The van der Waals surface area contributed by atoms with Crippen molar-refractivity contribution in [2.75, 3.05) is 44.7 Å². The smallest absolute Gasteiger partial charge is 0.337 e. The van der Waals surface area contributed by atoms with Crippen LogP contribution in [-0.2, 0) is 11.3 Å². The first kappa shape index (κ1) is 22.2. The van der Waals surface area contributed by atoms with Crippen molar-refractivity contribution in [3.63, 3.8) is 0 Å². The Hall–Kier alpha value is -3.64. The van der Waals surface area contributed by atoms with E-state index in [1.54, 1.807) is 6.07 Å². The number of nitrogens with zero attached hydrogens (tertiary/aromatic N) is 2. The molecule has 0 radical (unpaired) electrons. The SMILES string of the molecule is COC(=O)c1ccc2c(c1)/C(=C/CN1CCN(c3ccc(F)cc3)CC1)c1ccccc1CO2. The van der Waals surface area contributed by atoms with Crippen LogP contribution in [0.3, 0.4) is 0 Å². The van der Waals surface area contributed by atoms with Crippen LogP contribution in [0.15, 0.2) is 72.8 Å². The van der Waals surface area contributed by atoms with E-state index in [0.717, 1.165) is 66.4 Å². The molecule has 0 spiro atoms. The number of rotatable bonds is 4. The van der Waals surface area contributed by atoms with Crippen LogP contribution in [0.1, 0.15) is 27.0 Å².